The maximum absolute atomic E-state index is 12.1. The van der Waals surface area contributed by atoms with Crippen LogP contribution in [-0.2, 0) is 6.54 Å². The van der Waals surface area contributed by atoms with Gasteiger partial charge in [-0.3, -0.25) is 4.79 Å². The van der Waals surface area contributed by atoms with Crippen LogP contribution in [0.5, 0.6) is 5.88 Å². The van der Waals surface area contributed by atoms with Crippen molar-refractivity contribution in [3.63, 3.8) is 0 Å². The molecule has 0 bridgehead atoms. The topological polar surface area (TPSA) is 51.2 Å². The molecule has 104 valence electrons. The molecular formula is C14H12Br2N2O2. The number of ether oxygens (including phenoxy) is 1. The number of methoxy groups -OCH3 is 1. The number of hydrogen-bond donors (Lipinski definition) is 1. The van der Waals surface area contributed by atoms with Gasteiger partial charge in [-0.15, -0.1) is 0 Å². The van der Waals surface area contributed by atoms with Crippen molar-refractivity contribution in [1.29, 1.82) is 0 Å². The Kier molecular flexibility index (Phi) is 5.14. The summed E-state index contributed by atoms with van der Waals surface area (Å²) in [7, 11) is 1.56. The Labute approximate surface area is 133 Å². The molecule has 0 fully saturated rings. The second-order valence-electron chi connectivity index (χ2n) is 4.02. The highest BCUT2D eigenvalue weighted by Gasteiger charge is 2.09. The van der Waals surface area contributed by atoms with Crippen LogP contribution in [0.2, 0.25) is 0 Å². The molecular weight excluding hydrogens is 388 g/mol. The third-order valence-corrected chi connectivity index (χ3v) is 3.78. The van der Waals surface area contributed by atoms with Crippen LogP contribution in [0.15, 0.2) is 45.5 Å². The van der Waals surface area contributed by atoms with Crippen molar-refractivity contribution in [2.24, 2.45) is 0 Å². The maximum Gasteiger partial charge on any atom is 0.252 e. The standard InChI is InChI=1S/C14H12Br2N2O2/c1-20-13-5-2-9(7-17-13)8-18-14(19)11-4-3-10(15)6-12(11)16/h2-7H,8H2,1H3,(H,18,19). The second kappa shape index (κ2) is 6.85. The minimum Gasteiger partial charge on any atom is -0.481 e. The number of halogens is 2. The highest BCUT2D eigenvalue weighted by Crippen LogP contribution is 2.21. The predicted octanol–water partition coefficient (Wildman–Crippen LogP) is 3.55. The molecule has 0 atom stereocenters. The van der Waals surface area contributed by atoms with Crippen LogP contribution in [0.1, 0.15) is 15.9 Å². The van der Waals surface area contributed by atoms with Crippen LogP contribution in [0.25, 0.3) is 0 Å². The Bertz CT molecular complexity index is 615. The Morgan fingerprint density at radius 3 is 2.70 bits per heavy atom. The number of amides is 1. The average molecular weight is 400 g/mol. The summed E-state index contributed by atoms with van der Waals surface area (Å²) in [6.45, 7) is 0.415. The van der Waals surface area contributed by atoms with Gasteiger partial charge in [0.25, 0.3) is 5.91 Å². The predicted molar refractivity (Wildman–Crippen MR) is 83.8 cm³/mol. The Balaban J connectivity index is 2.00. The monoisotopic (exact) mass is 398 g/mol. The third-order valence-electron chi connectivity index (χ3n) is 2.64. The molecule has 6 heteroatoms. The quantitative estimate of drug-likeness (QED) is 0.855. The van der Waals surface area contributed by atoms with Crippen LogP contribution in [0.4, 0.5) is 0 Å². The number of aromatic nitrogens is 1. The van der Waals surface area contributed by atoms with Crippen LogP contribution in [-0.4, -0.2) is 18.0 Å². The van der Waals surface area contributed by atoms with Gasteiger partial charge in [-0.1, -0.05) is 22.0 Å². The van der Waals surface area contributed by atoms with Gasteiger partial charge in [-0.05, 0) is 39.7 Å². The molecule has 0 saturated heterocycles. The fourth-order valence-corrected chi connectivity index (χ4v) is 2.81. The molecule has 0 radical (unpaired) electrons. The molecule has 2 rings (SSSR count). The number of nitrogens with one attached hydrogen (secondary N) is 1. The van der Waals surface area contributed by atoms with Gasteiger partial charge in [0.1, 0.15) is 0 Å². The zero-order chi connectivity index (χ0) is 14.5. The Hall–Kier alpha value is -1.40. The fraction of sp³-hybridized carbons (Fsp3) is 0.143. The van der Waals surface area contributed by atoms with Gasteiger partial charge >= 0.3 is 0 Å². The smallest absolute Gasteiger partial charge is 0.252 e. The van der Waals surface area contributed by atoms with Gasteiger partial charge in [0, 0.05) is 27.8 Å². The molecule has 1 amide bonds. The first-order chi connectivity index (χ1) is 9.60. The van der Waals surface area contributed by atoms with Gasteiger partial charge in [0.15, 0.2) is 0 Å². The van der Waals surface area contributed by atoms with E-state index in [9.17, 15) is 4.79 Å². The molecule has 1 aromatic carbocycles. The molecule has 0 aliphatic heterocycles. The van der Waals surface area contributed by atoms with Crippen molar-refractivity contribution in [2.45, 2.75) is 6.54 Å². The van der Waals surface area contributed by atoms with Gasteiger partial charge in [0.2, 0.25) is 5.88 Å². The summed E-state index contributed by atoms with van der Waals surface area (Å²) < 4.78 is 6.65. The first kappa shape index (κ1) is 15.0. The highest BCUT2D eigenvalue weighted by atomic mass is 79.9. The van der Waals surface area contributed by atoms with Crippen LogP contribution in [0.3, 0.4) is 0 Å². The van der Waals surface area contributed by atoms with Crippen molar-refractivity contribution >= 4 is 37.8 Å². The van der Waals surface area contributed by atoms with Crippen LogP contribution in [0, 0.1) is 0 Å². The minimum absolute atomic E-state index is 0.139. The van der Waals surface area contributed by atoms with Crippen molar-refractivity contribution < 1.29 is 9.53 Å². The van der Waals surface area contributed by atoms with E-state index in [0.29, 0.717) is 18.0 Å². The normalized spacial score (nSPS) is 10.2. The van der Waals surface area contributed by atoms with E-state index < -0.39 is 0 Å². The zero-order valence-electron chi connectivity index (χ0n) is 10.7. The molecule has 0 aliphatic carbocycles. The highest BCUT2D eigenvalue weighted by molar-refractivity contribution is 9.11. The molecule has 0 unspecified atom stereocenters. The van der Waals surface area contributed by atoms with Gasteiger partial charge < -0.3 is 10.1 Å². The largest absolute Gasteiger partial charge is 0.481 e. The lowest BCUT2D eigenvalue weighted by Crippen LogP contribution is -2.23. The van der Waals surface area contributed by atoms with E-state index in [2.05, 4.69) is 42.2 Å². The second-order valence-corrected chi connectivity index (χ2v) is 5.79. The summed E-state index contributed by atoms with van der Waals surface area (Å²) in [6.07, 6.45) is 1.68. The summed E-state index contributed by atoms with van der Waals surface area (Å²) in [5.41, 5.74) is 1.50. The molecule has 0 spiro atoms. The van der Waals surface area contributed by atoms with Gasteiger partial charge in [0.05, 0.1) is 12.7 Å². The van der Waals surface area contributed by atoms with Crippen LogP contribution < -0.4 is 10.1 Å². The van der Waals surface area contributed by atoms with E-state index in [1.807, 2.05) is 18.2 Å². The van der Waals surface area contributed by atoms with Crippen molar-refractivity contribution in [1.82, 2.24) is 10.3 Å². The number of nitrogens with zero attached hydrogens (tertiary/aromatic N) is 1. The first-order valence-corrected chi connectivity index (χ1v) is 7.41. The fourth-order valence-electron chi connectivity index (χ4n) is 1.59. The molecule has 1 aromatic heterocycles. The number of rotatable bonds is 4. The van der Waals surface area contributed by atoms with Gasteiger partial charge in [-0.25, -0.2) is 4.98 Å². The van der Waals surface area contributed by atoms with E-state index in [1.54, 1.807) is 25.4 Å². The third kappa shape index (κ3) is 3.80. The minimum atomic E-state index is -0.139. The Morgan fingerprint density at radius 2 is 2.10 bits per heavy atom. The maximum atomic E-state index is 12.1. The van der Waals surface area contributed by atoms with Gasteiger partial charge in [-0.2, -0.15) is 0 Å². The van der Waals surface area contributed by atoms with Crippen molar-refractivity contribution in [3.8, 4) is 5.88 Å². The van der Waals surface area contributed by atoms with Crippen molar-refractivity contribution in [2.75, 3.05) is 7.11 Å². The number of carbonyl (C=O) groups is 1. The summed E-state index contributed by atoms with van der Waals surface area (Å²) in [6, 6.07) is 9.05. The molecule has 2 aromatic rings. The molecule has 4 nitrogen and oxygen atoms in total. The number of pyridine rings is 1. The number of benzene rings is 1. The summed E-state index contributed by atoms with van der Waals surface area (Å²) in [4.78, 5) is 16.2. The van der Waals surface area contributed by atoms with E-state index in [1.165, 1.54) is 0 Å². The van der Waals surface area contributed by atoms with Crippen LogP contribution >= 0.6 is 31.9 Å². The number of carbonyl (C=O) groups excluding carboxylic acids is 1. The van der Waals surface area contributed by atoms with E-state index in [0.717, 1.165) is 14.5 Å². The Morgan fingerprint density at radius 1 is 1.30 bits per heavy atom. The summed E-state index contributed by atoms with van der Waals surface area (Å²) >= 11 is 6.73. The number of hydrogen-bond acceptors (Lipinski definition) is 3. The molecule has 0 saturated carbocycles. The lowest BCUT2D eigenvalue weighted by Gasteiger charge is -2.07. The lowest BCUT2D eigenvalue weighted by molar-refractivity contribution is 0.0950. The van der Waals surface area contributed by atoms with E-state index >= 15 is 0 Å². The average Bonchev–Trinajstić information content (AvgIpc) is 2.45. The zero-order valence-corrected chi connectivity index (χ0v) is 13.9. The lowest BCUT2D eigenvalue weighted by atomic mass is 10.2. The van der Waals surface area contributed by atoms with E-state index in [4.69, 9.17) is 4.74 Å². The summed E-state index contributed by atoms with van der Waals surface area (Å²) in [5, 5.41) is 2.85. The SMILES string of the molecule is COc1ccc(CNC(=O)c2ccc(Br)cc2Br)cn1. The summed E-state index contributed by atoms with van der Waals surface area (Å²) in [5.74, 6) is 0.413. The molecule has 1 heterocycles. The molecule has 20 heavy (non-hydrogen) atoms. The van der Waals surface area contributed by atoms with Crippen molar-refractivity contribution in [3.05, 3.63) is 56.6 Å². The molecule has 0 aliphatic rings. The molecule has 1 N–H and O–H groups in total. The first-order valence-electron chi connectivity index (χ1n) is 5.82. The van der Waals surface area contributed by atoms with E-state index in [-0.39, 0.29) is 5.91 Å².